The van der Waals surface area contributed by atoms with Crippen molar-refractivity contribution in [2.45, 2.75) is 0 Å². The maximum absolute atomic E-state index is 6.41. The Morgan fingerprint density at radius 1 is 0.364 bits per heavy atom. The van der Waals surface area contributed by atoms with Crippen LogP contribution in [0.2, 0.25) is 0 Å². The van der Waals surface area contributed by atoms with E-state index < -0.39 is 0 Å². The van der Waals surface area contributed by atoms with Crippen molar-refractivity contribution in [2.24, 2.45) is 0 Å². The van der Waals surface area contributed by atoms with E-state index in [4.69, 9.17) is 4.42 Å². The summed E-state index contributed by atoms with van der Waals surface area (Å²) in [4.78, 5) is 2.35. The standard InChI is InChI=1S/C52H34N2O/c1-2-13-38-34-41(33-24-35(38)12-1)53(40-31-27-37(28-32-40)43-18-11-19-47-46-17-6-10-23-51(46)55-52(43)47)39-29-25-36(26-30-39)42-14-3-7-20-48(42)54-49-21-8-4-15-44(49)45-16-5-9-22-50(45)54/h1-34H. The highest BCUT2D eigenvalue weighted by atomic mass is 16.3. The maximum Gasteiger partial charge on any atom is 0.143 e. The molecule has 3 nitrogen and oxygen atoms in total. The Bertz CT molecular complexity index is 3150. The van der Waals surface area contributed by atoms with Crippen LogP contribution in [-0.4, -0.2) is 4.57 Å². The van der Waals surface area contributed by atoms with E-state index >= 15 is 0 Å². The van der Waals surface area contributed by atoms with E-state index in [2.05, 4.69) is 204 Å². The van der Waals surface area contributed by atoms with Crippen LogP contribution in [0.1, 0.15) is 0 Å². The largest absolute Gasteiger partial charge is 0.455 e. The van der Waals surface area contributed by atoms with Crippen molar-refractivity contribution in [3.05, 3.63) is 206 Å². The Hall–Kier alpha value is -7.36. The average molecular weight is 703 g/mol. The van der Waals surface area contributed by atoms with E-state index in [1.54, 1.807) is 0 Å². The van der Waals surface area contributed by atoms with Crippen molar-refractivity contribution < 1.29 is 4.42 Å². The summed E-state index contributed by atoms with van der Waals surface area (Å²) >= 11 is 0. The smallest absolute Gasteiger partial charge is 0.143 e. The number of aromatic nitrogens is 1. The number of fused-ring (bicyclic) bond motifs is 7. The zero-order valence-corrected chi connectivity index (χ0v) is 29.9. The Kier molecular flexibility index (Phi) is 7.17. The van der Waals surface area contributed by atoms with Crippen LogP contribution >= 0.6 is 0 Å². The van der Waals surface area contributed by atoms with Gasteiger partial charge in [-0.1, -0.05) is 146 Å². The molecule has 0 atom stereocenters. The first-order chi connectivity index (χ1) is 27.3. The molecular formula is C52H34N2O. The molecule has 0 aliphatic rings. The van der Waals surface area contributed by atoms with Crippen molar-refractivity contribution in [1.82, 2.24) is 4.57 Å². The monoisotopic (exact) mass is 702 g/mol. The van der Waals surface area contributed by atoms with Crippen molar-refractivity contribution in [3.63, 3.8) is 0 Å². The molecule has 9 aromatic carbocycles. The van der Waals surface area contributed by atoms with Crippen molar-refractivity contribution >= 4 is 71.6 Å². The molecule has 55 heavy (non-hydrogen) atoms. The van der Waals surface area contributed by atoms with Gasteiger partial charge < -0.3 is 13.9 Å². The van der Waals surface area contributed by atoms with Gasteiger partial charge in [-0.25, -0.2) is 0 Å². The van der Waals surface area contributed by atoms with Crippen LogP contribution in [0.25, 0.3) is 82.5 Å². The molecule has 0 aliphatic heterocycles. The highest BCUT2D eigenvalue weighted by Crippen LogP contribution is 2.41. The number of benzene rings is 9. The first-order valence-corrected chi connectivity index (χ1v) is 18.8. The first kappa shape index (κ1) is 31.2. The lowest BCUT2D eigenvalue weighted by Crippen LogP contribution is -2.10. The van der Waals surface area contributed by atoms with Crippen LogP contribution in [-0.2, 0) is 0 Å². The summed E-state index contributed by atoms with van der Waals surface area (Å²) in [5, 5.41) is 7.21. The quantitative estimate of drug-likeness (QED) is 0.172. The van der Waals surface area contributed by atoms with Gasteiger partial charge in [0.1, 0.15) is 11.2 Å². The molecule has 11 rings (SSSR count). The second-order valence-electron chi connectivity index (χ2n) is 14.1. The zero-order valence-electron chi connectivity index (χ0n) is 29.9. The fourth-order valence-corrected chi connectivity index (χ4v) is 8.41. The minimum Gasteiger partial charge on any atom is -0.455 e. The van der Waals surface area contributed by atoms with Crippen LogP contribution < -0.4 is 4.90 Å². The summed E-state index contributed by atoms with van der Waals surface area (Å²) in [7, 11) is 0. The molecule has 0 fully saturated rings. The van der Waals surface area contributed by atoms with Gasteiger partial charge in [0.25, 0.3) is 0 Å². The fraction of sp³-hybridized carbons (Fsp3) is 0. The average Bonchev–Trinajstić information content (AvgIpc) is 3.80. The van der Waals surface area contributed by atoms with E-state index in [-0.39, 0.29) is 0 Å². The lowest BCUT2D eigenvalue weighted by atomic mass is 10.0. The topological polar surface area (TPSA) is 21.3 Å². The van der Waals surface area contributed by atoms with Crippen LogP contribution in [0.3, 0.4) is 0 Å². The van der Waals surface area contributed by atoms with Gasteiger partial charge in [0.2, 0.25) is 0 Å². The molecule has 2 heterocycles. The second kappa shape index (κ2) is 12.6. The van der Waals surface area contributed by atoms with Crippen LogP contribution in [0.4, 0.5) is 17.1 Å². The minimum absolute atomic E-state index is 0.908. The molecule has 0 aliphatic carbocycles. The molecule has 2 aromatic heterocycles. The maximum atomic E-state index is 6.41. The molecule has 0 radical (unpaired) electrons. The molecule has 0 bridgehead atoms. The predicted molar refractivity (Wildman–Crippen MR) is 231 cm³/mol. The van der Waals surface area contributed by atoms with Crippen LogP contribution in [0.5, 0.6) is 0 Å². The molecule has 0 saturated carbocycles. The molecular weight excluding hydrogens is 669 g/mol. The van der Waals surface area contributed by atoms with E-state index in [1.165, 1.54) is 38.1 Å². The Balaban J connectivity index is 1.02. The summed E-state index contributed by atoms with van der Waals surface area (Å²) in [6.45, 7) is 0. The normalized spacial score (nSPS) is 11.6. The summed E-state index contributed by atoms with van der Waals surface area (Å²) in [5.41, 5.74) is 13.2. The van der Waals surface area contributed by atoms with Gasteiger partial charge in [-0.05, 0) is 82.6 Å². The van der Waals surface area contributed by atoms with E-state index in [9.17, 15) is 0 Å². The van der Waals surface area contributed by atoms with E-state index in [1.807, 2.05) is 12.1 Å². The number of rotatable bonds is 6. The Morgan fingerprint density at radius 2 is 0.891 bits per heavy atom. The minimum atomic E-state index is 0.908. The zero-order chi connectivity index (χ0) is 36.3. The van der Waals surface area contributed by atoms with Crippen molar-refractivity contribution in [3.8, 4) is 27.9 Å². The molecule has 0 saturated heterocycles. The summed E-state index contributed by atoms with van der Waals surface area (Å²) in [5.74, 6) is 0. The Labute approximate surface area is 318 Å². The third-order valence-corrected chi connectivity index (χ3v) is 11.0. The highest BCUT2D eigenvalue weighted by Gasteiger charge is 2.18. The lowest BCUT2D eigenvalue weighted by molar-refractivity contribution is 0.670. The number of hydrogen-bond acceptors (Lipinski definition) is 2. The van der Waals surface area contributed by atoms with Crippen molar-refractivity contribution in [1.29, 1.82) is 0 Å². The number of furan rings is 1. The second-order valence-corrected chi connectivity index (χ2v) is 14.1. The summed E-state index contributed by atoms with van der Waals surface area (Å²) < 4.78 is 8.81. The van der Waals surface area contributed by atoms with Gasteiger partial charge in [0, 0.05) is 49.7 Å². The predicted octanol–water partition coefficient (Wildman–Crippen LogP) is 14.6. The van der Waals surface area contributed by atoms with Crippen LogP contribution in [0, 0.1) is 0 Å². The Morgan fingerprint density at radius 3 is 1.62 bits per heavy atom. The number of nitrogens with zero attached hydrogens (tertiary/aromatic N) is 2. The SMILES string of the molecule is c1ccc(-n2c3ccccc3c3ccccc32)c(-c2ccc(N(c3ccc(-c4cccc5c4oc4ccccc45)cc3)c3ccc4ccccc4c3)cc2)c1. The molecule has 3 heteroatoms. The van der Waals surface area contributed by atoms with Gasteiger partial charge in [0.15, 0.2) is 0 Å². The van der Waals surface area contributed by atoms with Crippen molar-refractivity contribution in [2.75, 3.05) is 4.90 Å². The fourth-order valence-electron chi connectivity index (χ4n) is 8.41. The molecule has 258 valence electrons. The van der Waals surface area contributed by atoms with E-state index in [0.717, 1.165) is 61.4 Å². The number of hydrogen-bond donors (Lipinski definition) is 0. The third kappa shape index (κ3) is 5.13. The molecule has 0 unspecified atom stereocenters. The highest BCUT2D eigenvalue weighted by molar-refractivity contribution is 6.10. The summed E-state index contributed by atoms with van der Waals surface area (Å²) in [6, 6.07) is 73.9. The van der Waals surface area contributed by atoms with Gasteiger partial charge in [-0.3, -0.25) is 0 Å². The van der Waals surface area contributed by atoms with Gasteiger partial charge in [0.05, 0.1) is 16.7 Å². The van der Waals surface area contributed by atoms with Gasteiger partial charge in [-0.15, -0.1) is 0 Å². The van der Waals surface area contributed by atoms with Gasteiger partial charge >= 0.3 is 0 Å². The molecule has 0 amide bonds. The van der Waals surface area contributed by atoms with E-state index in [0.29, 0.717) is 0 Å². The third-order valence-electron chi connectivity index (χ3n) is 11.0. The lowest BCUT2D eigenvalue weighted by Gasteiger charge is -2.26. The molecule has 0 N–H and O–H groups in total. The van der Waals surface area contributed by atoms with Gasteiger partial charge in [-0.2, -0.15) is 0 Å². The molecule has 11 aromatic rings. The number of para-hydroxylation sites is 5. The summed E-state index contributed by atoms with van der Waals surface area (Å²) in [6.07, 6.45) is 0. The molecule has 0 spiro atoms. The first-order valence-electron chi connectivity index (χ1n) is 18.8. The number of anilines is 3. The van der Waals surface area contributed by atoms with Crippen LogP contribution in [0.15, 0.2) is 211 Å².